The third-order valence-corrected chi connectivity index (χ3v) is 2.53. The van der Waals surface area contributed by atoms with Gasteiger partial charge in [0.15, 0.2) is 0 Å². The van der Waals surface area contributed by atoms with Crippen molar-refractivity contribution < 1.29 is 4.39 Å². The highest BCUT2D eigenvalue weighted by Gasteiger charge is 1.95. The lowest BCUT2D eigenvalue weighted by atomic mass is 10.2. The number of benzene rings is 1. The van der Waals surface area contributed by atoms with Crippen molar-refractivity contribution in [1.29, 1.82) is 0 Å². The Kier molecular flexibility index (Phi) is 3.33. The molecule has 0 atom stereocenters. The average Bonchev–Trinajstić information content (AvgIpc) is 2.05. The predicted molar refractivity (Wildman–Crippen MR) is 54.3 cm³/mol. The third kappa shape index (κ3) is 2.45. The average molecular weight is 282 g/mol. The Morgan fingerprint density at radius 3 is 2.36 bits per heavy atom. The van der Waals surface area contributed by atoms with Crippen LogP contribution in [0.15, 0.2) is 28.3 Å². The molecule has 0 aliphatic rings. The minimum atomic E-state index is -0.244. The second-order valence-electron chi connectivity index (χ2n) is 1.96. The molecule has 0 nitrogen and oxygen atoms in total. The minimum Gasteiger partial charge on any atom is -0.207 e. The van der Waals surface area contributed by atoms with Gasteiger partial charge >= 0.3 is 0 Å². The molecular formula is C8H5ClFI. The fourth-order valence-corrected chi connectivity index (χ4v) is 1.16. The Hall–Kier alpha value is -0.0900. The molecule has 0 bridgehead atoms. The van der Waals surface area contributed by atoms with Crippen LogP contribution in [-0.4, -0.2) is 0 Å². The van der Waals surface area contributed by atoms with Gasteiger partial charge in [-0.2, -0.15) is 0 Å². The highest BCUT2D eigenvalue weighted by Crippen LogP contribution is 2.20. The van der Waals surface area contributed by atoms with E-state index in [1.165, 1.54) is 12.1 Å². The molecule has 0 aliphatic heterocycles. The second-order valence-corrected chi connectivity index (χ2v) is 2.99. The van der Waals surface area contributed by atoms with Crippen LogP contribution in [-0.2, 0) is 0 Å². The highest BCUT2D eigenvalue weighted by molar-refractivity contribution is 14.1. The molecule has 0 unspecified atom stereocenters. The van der Waals surface area contributed by atoms with Gasteiger partial charge in [0.25, 0.3) is 0 Å². The Bertz CT molecular complexity index is 266. The summed E-state index contributed by atoms with van der Waals surface area (Å²) in [5.74, 6) is -0.244. The summed E-state index contributed by atoms with van der Waals surface area (Å²) in [6, 6.07) is 6.06. The van der Waals surface area contributed by atoms with Crippen molar-refractivity contribution >= 4 is 39.2 Å². The van der Waals surface area contributed by atoms with Crippen molar-refractivity contribution in [2.75, 3.05) is 0 Å². The fourth-order valence-electron chi connectivity index (χ4n) is 0.672. The van der Waals surface area contributed by atoms with Crippen molar-refractivity contribution in [3.8, 4) is 0 Å². The summed E-state index contributed by atoms with van der Waals surface area (Å²) in [7, 11) is 0. The molecule has 3 heteroatoms. The van der Waals surface area contributed by atoms with E-state index in [0.29, 0.717) is 5.03 Å². The van der Waals surface area contributed by atoms with Crippen LogP contribution in [0.25, 0.3) is 5.03 Å². The topological polar surface area (TPSA) is 0 Å². The number of halogens is 3. The molecule has 0 fully saturated rings. The van der Waals surface area contributed by atoms with E-state index in [4.69, 9.17) is 11.6 Å². The molecule has 0 radical (unpaired) electrons. The first-order valence-corrected chi connectivity index (χ1v) is 4.58. The van der Waals surface area contributed by atoms with Gasteiger partial charge in [-0.1, -0.05) is 46.3 Å². The molecule has 11 heavy (non-hydrogen) atoms. The second kappa shape index (κ2) is 4.07. The molecule has 1 rings (SSSR count). The van der Waals surface area contributed by atoms with Crippen LogP contribution in [0.2, 0.25) is 0 Å². The molecule has 58 valence electrons. The molecule has 0 heterocycles. The van der Waals surface area contributed by atoms with E-state index < -0.39 is 0 Å². The maximum absolute atomic E-state index is 12.4. The van der Waals surface area contributed by atoms with Crippen LogP contribution in [0.5, 0.6) is 0 Å². The van der Waals surface area contributed by atoms with Gasteiger partial charge in [-0.05, 0) is 21.8 Å². The highest BCUT2D eigenvalue weighted by atomic mass is 127. The lowest BCUT2D eigenvalue weighted by Gasteiger charge is -1.95. The quantitative estimate of drug-likeness (QED) is 0.687. The summed E-state index contributed by atoms with van der Waals surface area (Å²) in [6.07, 6.45) is 0. The molecule has 0 N–H and O–H groups in total. The van der Waals surface area contributed by atoms with Gasteiger partial charge in [-0.3, -0.25) is 0 Å². The van der Waals surface area contributed by atoms with E-state index in [2.05, 4.69) is 0 Å². The van der Waals surface area contributed by atoms with E-state index >= 15 is 0 Å². The van der Waals surface area contributed by atoms with Crippen LogP contribution < -0.4 is 0 Å². The van der Waals surface area contributed by atoms with E-state index in [1.54, 1.807) is 16.2 Å². The first-order valence-electron chi connectivity index (χ1n) is 2.96. The van der Waals surface area contributed by atoms with Crippen molar-refractivity contribution in [2.45, 2.75) is 0 Å². The molecule has 0 spiro atoms. The zero-order valence-corrected chi connectivity index (χ0v) is 8.43. The van der Waals surface area contributed by atoms with Gasteiger partial charge in [-0.25, -0.2) is 4.39 Å². The molecule has 0 aliphatic carbocycles. The largest absolute Gasteiger partial charge is 0.207 e. The van der Waals surface area contributed by atoms with Crippen LogP contribution in [0.4, 0.5) is 4.39 Å². The van der Waals surface area contributed by atoms with Crippen molar-refractivity contribution in [1.82, 2.24) is 0 Å². The van der Waals surface area contributed by atoms with Crippen LogP contribution in [0, 0.1) is 5.82 Å². The summed E-state index contributed by atoms with van der Waals surface area (Å²) in [4.78, 5) is 0. The first kappa shape index (κ1) is 9.00. The van der Waals surface area contributed by atoms with Gasteiger partial charge in [0.2, 0.25) is 0 Å². The maximum atomic E-state index is 12.4. The van der Waals surface area contributed by atoms with Gasteiger partial charge in [0, 0.05) is 0 Å². The molecule has 0 saturated carbocycles. The number of hydrogen-bond donors (Lipinski definition) is 0. The standard InChI is InChI=1S/C8H5ClFI/c9-8(5-11)6-1-3-7(10)4-2-6/h1-5H/b8-5+. The van der Waals surface area contributed by atoms with Crippen LogP contribution in [0.1, 0.15) is 5.56 Å². The van der Waals surface area contributed by atoms with Crippen LogP contribution >= 0.6 is 34.2 Å². The molecule has 1 aromatic rings. The smallest absolute Gasteiger partial charge is 0.123 e. The Morgan fingerprint density at radius 2 is 1.91 bits per heavy atom. The normalized spacial score (nSPS) is 11.7. The number of rotatable bonds is 1. The lowest BCUT2D eigenvalue weighted by Crippen LogP contribution is -1.76. The van der Waals surface area contributed by atoms with Gasteiger partial charge < -0.3 is 0 Å². The minimum absolute atomic E-state index is 0.244. The zero-order chi connectivity index (χ0) is 8.27. The fraction of sp³-hybridized carbons (Fsp3) is 0. The molecular weight excluding hydrogens is 277 g/mol. The monoisotopic (exact) mass is 282 g/mol. The van der Waals surface area contributed by atoms with E-state index in [1.807, 2.05) is 22.6 Å². The molecule has 0 aromatic heterocycles. The lowest BCUT2D eigenvalue weighted by molar-refractivity contribution is 0.628. The van der Waals surface area contributed by atoms with Gasteiger partial charge in [0.1, 0.15) is 5.82 Å². The van der Waals surface area contributed by atoms with E-state index in [-0.39, 0.29) is 5.82 Å². The van der Waals surface area contributed by atoms with E-state index in [0.717, 1.165) is 5.56 Å². The third-order valence-electron chi connectivity index (χ3n) is 1.22. The Morgan fingerprint density at radius 1 is 1.36 bits per heavy atom. The first-order chi connectivity index (χ1) is 5.24. The number of hydrogen-bond acceptors (Lipinski definition) is 0. The van der Waals surface area contributed by atoms with Gasteiger partial charge in [-0.15, -0.1) is 0 Å². The van der Waals surface area contributed by atoms with Crippen molar-refractivity contribution in [3.05, 3.63) is 39.7 Å². The SMILES string of the molecule is Fc1ccc(/C(Cl)=C\I)cc1. The van der Waals surface area contributed by atoms with Gasteiger partial charge in [0.05, 0.1) is 5.03 Å². The predicted octanol–water partition coefficient (Wildman–Crippen LogP) is 3.80. The molecule has 0 amide bonds. The Balaban J connectivity index is 2.99. The Labute approximate surface area is 83.2 Å². The molecule has 0 saturated heterocycles. The van der Waals surface area contributed by atoms with Crippen molar-refractivity contribution in [2.24, 2.45) is 0 Å². The maximum Gasteiger partial charge on any atom is 0.123 e. The van der Waals surface area contributed by atoms with E-state index in [9.17, 15) is 4.39 Å². The van der Waals surface area contributed by atoms with Crippen molar-refractivity contribution in [3.63, 3.8) is 0 Å². The molecule has 1 aromatic carbocycles. The summed E-state index contributed by atoms with van der Waals surface area (Å²) < 4.78 is 14.1. The summed E-state index contributed by atoms with van der Waals surface area (Å²) in [6.45, 7) is 0. The van der Waals surface area contributed by atoms with Crippen LogP contribution in [0.3, 0.4) is 0 Å². The summed E-state index contributed by atoms with van der Waals surface area (Å²) >= 11 is 7.81. The zero-order valence-electron chi connectivity index (χ0n) is 5.52. The summed E-state index contributed by atoms with van der Waals surface area (Å²) in [5.41, 5.74) is 0.836. The summed E-state index contributed by atoms with van der Waals surface area (Å²) in [5, 5.41) is 0.630.